The summed E-state index contributed by atoms with van der Waals surface area (Å²) in [4.78, 5) is 0. The first kappa shape index (κ1) is 120. The Kier molecular flexibility index (Phi) is 67.5. The smallest absolute Gasteiger partial charge is 0.0861 e. The fourth-order valence-corrected chi connectivity index (χ4v) is 26.7. The summed E-state index contributed by atoms with van der Waals surface area (Å²) in [7, 11) is -7.37. The Balaban J connectivity index is 0.000000171. The van der Waals surface area contributed by atoms with E-state index in [9.17, 15) is 40.2 Å². The van der Waals surface area contributed by atoms with E-state index in [0.29, 0.717) is 21.9 Å². The molecule has 0 atom stereocenters. The molecule has 0 saturated heterocycles. The van der Waals surface area contributed by atoms with Crippen molar-refractivity contribution in [2.24, 2.45) is 0 Å². The number of rotatable bonds is 20. The molecule has 16 N–H and O–H groups in total. The van der Waals surface area contributed by atoms with Crippen LogP contribution < -0.4 is 105 Å². The maximum atomic E-state index is 10.2. The van der Waals surface area contributed by atoms with Crippen LogP contribution in [0.5, 0.6) is 0 Å². The van der Waals surface area contributed by atoms with Crippen LogP contribution in [-0.4, -0.2) is 125 Å². The van der Waals surface area contributed by atoms with Crippen molar-refractivity contribution < 1.29 is 82.7 Å². The first-order valence-electron chi connectivity index (χ1n) is 61.1. The summed E-state index contributed by atoms with van der Waals surface area (Å²) in [6, 6.07) is 48.7. The molecule has 0 aromatic heterocycles. The average molecular weight is 1940 g/mol. The maximum absolute atomic E-state index is 10.2. The van der Waals surface area contributed by atoms with Gasteiger partial charge in [0.25, 0.3) is 0 Å². The molecule has 0 bridgehead atoms. The third kappa shape index (κ3) is 57.3. The summed E-state index contributed by atoms with van der Waals surface area (Å²) in [5, 5.41) is 103. The summed E-state index contributed by atoms with van der Waals surface area (Å²) < 4.78 is 0. The molecule has 0 aliphatic heterocycles. The Labute approximate surface area is 859 Å². The first-order chi connectivity index (χ1) is 68.8. The molecule has 4 aromatic rings. The summed E-state index contributed by atoms with van der Waals surface area (Å²) in [5.74, 6) is 0. The van der Waals surface area contributed by atoms with Crippen LogP contribution in [-0.2, 0) is 0 Å². The molecule has 20 rings (SSSR count). The zero-order chi connectivity index (χ0) is 98.2. The SMILES string of the molecule is C1CCC([NH2+]C2CCCCC2)CC1.C1CCC([NH2+]C2CCCCC2)CC1.C1CCC([NH2+]C2CCCCC2)CC1.C1CCC([NH2+]C2CCCCC2)CC1.C1CCC([NH2+]C2CCCCC2)CC1.C1CCC([NH2+]C2CCCCC2)CC1.C1CCC([NH2+]C2CCCCC2)CC1.C1CCC([NH2+]C2CCCCC2)CC1.[O-]B([O-])c1ccccc1.[O-]B([O-])c1ccccc1.[O-]B([O-])c1ccccc1.[O-]B([O-])c1ccccc1. The van der Waals surface area contributed by atoms with Gasteiger partial charge in [0.2, 0.25) is 0 Å². The van der Waals surface area contributed by atoms with Crippen LogP contribution in [0.2, 0.25) is 0 Å². The quantitative estimate of drug-likeness (QED) is 0.0393. The highest BCUT2D eigenvalue weighted by molar-refractivity contribution is 6.56. The number of hydrogen-bond donors (Lipinski definition) is 8. The topological polar surface area (TPSA) is 317 Å². The molecule has 140 heavy (non-hydrogen) atoms. The van der Waals surface area contributed by atoms with E-state index < -0.39 is 28.5 Å². The predicted molar refractivity (Wildman–Crippen MR) is 573 cm³/mol. The fraction of sp³-hybridized carbons (Fsp3) is 0.800. The molecule has 0 spiro atoms. The average Bonchev–Trinajstić information content (AvgIpc) is 0.912. The Morgan fingerprint density at radius 1 is 0.114 bits per heavy atom. The van der Waals surface area contributed by atoms with E-state index in [0.717, 1.165) is 96.7 Å². The minimum atomic E-state index is -1.84. The highest BCUT2D eigenvalue weighted by atomic mass is 16.4. The standard InChI is InChI=1S/8C12H23N.4C6H5BO2/c8*1-3-7-11(8-4-1)13-12-9-5-2-6-10-12;4*8-7(9)6-4-2-1-3-5-6/h8*11-13H,1-10H2;4*1-5H/q;;;;;;;;4*-2/p+8. The van der Waals surface area contributed by atoms with E-state index in [-0.39, 0.29) is 0 Å². The van der Waals surface area contributed by atoms with Gasteiger partial charge in [0.1, 0.15) is 0 Å². The van der Waals surface area contributed by atoms with Gasteiger partial charge < -0.3 is 82.7 Å². The van der Waals surface area contributed by atoms with Crippen molar-refractivity contribution in [2.75, 3.05) is 0 Å². The van der Waals surface area contributed by atoms with Crippen LogP contribution in [0.4, 0.5) is 0 Å². The lowest BCUT2D eigenvalue weighted by molar-refractivity contribution is -0.726. The molecule has 16 aliphatic carbocycles. The van der Waals surface area contributed by atoms with E-state index in [1.165, 1.54) is 562 Å². The zero-order valence-corrected chi connectivity index (χ0v) is 89.5. The summed E-state index contributed by atoms with van der Waals surface area (Å²) in [6.07, 6.45) is 120. The highest BCUT2D eigenvalue weighted by Gasteiger charge is 2.31. The van der Waals surface area contributed by atoms with Crippen LogP contribution in [0.25, 0.3) is 0 Å². The summed E-state index contributed by atoms with van der Waals surface area (Å²) in [6.45, 7) is 0. The van der Waals surface area contributed by atoms with Gasteiger partial charge >= 0.3 is 0 Å². The molecule has 0 radical (unpaired) electrons. The van der Waals surface area contributed by atoms with Crippen molar-refractivity contribution in [1.82, 2.24) is 0 Å². The van der Waals surface area contributed by atoms with Crippen molar-refractivity contribution in [3.8, 4) is 0 Å². The molecule has 0 heterocycles. The molecule has 792 valence electrons. The van der Waals surface area contributed by atoms with Crippen molar-refractivity contribution in [3.63, 3.8) is 0 Å². The molecular formula is C120H212B4N8O8. The third-order valence-electron chi connectivity index (χ3n) is 35.0. The normalized spacial score (nSPS) is 22.9. The van der Waals surface area contributed by atoms with Crippen LogP contribution >= 0.6 is 0 Å². The molecule has 0 amide bonds. The lowest BCUT2D eigenvalue weighted by Gasteiger charge is -2.27. The van der Waals surface area contributed by atoms with Gasteiger partial charge in [-0.2, -0.15) is 0 Å². The van der Waals surface area contributed by atoms with Gasteiger partial charge in [0, 0.05) is 0 Å². The van der Waals surface area contributed by atoms with E-state index >= 15 is 0 Å². The second-order valence-electron chi connectivity index (χ2n) is 46.9. The van der Waals surface area contributed by atoms with Gasteiger partial charge in [-0.05, 0) is 411 Å². The van der Waals surface area contributed by atoms with E-state index in [1.54, 1.807) is 72.8 Å². The van der Waals surface area contributed by atoms with Crippen molar-refractivity contribution in [2.45, 2.75) is 610 Å². The number of nitrogens with two attached hydrogens (primary N) is 8. The van der Waals surface area contributed by atoms with Gasteiger partial charge in [-0.3, -0.25) is 0 Å². The Hall–Kier alpha value is -3.50. The Morgan fingerprint density at radius 2 is 0.186 bits per heavy atom. The molecule has 4 aromatic carbocycles. The van der Waals surface area contributed by atoms with E-state index in [1.807, 2.05) is 0 Å². The molecule has 16 nitrogen and oxygen atoms in total. The highest BCUT2D eigenvalue weighted by Crippen LogP contribution is 2.27. The molecule has 0 unspecified atom stereocenters. The van der Waals surface area contributed by atoms with Crippen molar-refractivity contribution >= 4 is 50.3 Å². The van der Waals surface area contributed by atoms with E-state index in [2.05, 4.69) is 42.5 Å². The number of hydrogen-bond acceptors (Lipinski definition) is 8. The first-order valence-corrected chi connectivity index (χ1v) is 61.1. The second-order valence-corrected chi connectivity index (χ2v) is 46.9. The zero-order valence-electron chi connectivity index (χ0n) is 89.5. The summed E-state index contributed by atoms with van der Waals surface area (Å²) >= 11 is 0. The Morgan fingerprint density at radius 3 is 0.243 bits per heavy atom. The monoisotopic (exact) mass is 1940 g/mol. The van der Waals surface area contributed by atoms with Crippen LogP contribution in [0.1, 0.15) is 514 Å². The molecule has 16 aliphatic rings. The maximum Gasteiger partial charge on any atom is 0.0861 e. The van der Waals surface area contributed by atoms with Crippen LogP contribution in [0.3, 0.4) is 0 Å². The van der Waals surface area contributed by atoms with Gasteiger partial charge in [0.05, 0.1) is 96.7 Å². The lowest BCUT2D eigenvalue weighted by Crippen LogP contribution is -2.95. The van der Waals surface area contributed by atoms with Crippen LogP contribution in [0, 0.1) is 0 Å². The fourth-order valence-electron chi connectivity index (χ4n) is 26.7. The van der Waals surface area contributed by atoms with Gasteiger partial charge in [0.15, 0.2) is 0 Å². The predicted octanol–water partition coefficient (Wildman–Crippen LogP) is 10.1. The Bertz CT molecular complexity index is 2660. The number of quaternary nitrogens is 8. The van der Waals surface area contributed by atoms with Gasteiger partial charge in [-0.15, -0.1) is 21.9 Å². The van der Waals surface area contributed by atoms with Crippen molar-refractivity contribution in [3.05, 3.63) is 121 Å². The van der Waals surface area contributed by atoms with E-state index in [4.69, 9.17) is 0 Å². The lowest BCUT2D eigenvalue weighted by atomic mass is 9.81. The minimum Gasteiger partial charge on any atom is -0.889 e. The van der Waals surface area contributed by atoms with Gasteiger partial charge in [-0.1, -0.05) is 253 Å². The summed E-state index contributed by atoms with van der Waals surface area (Å²) in [5.41, 5.74) is 1.21. The van der Waals surface area contributed by atoms with Crippen LogP contribution in [0.15, 0.2) is 121 Å². The molecule has 20 heteroatoms. The minimum absolute atomic E-state index is 0.303. The molecule has 16 fully saturated rings. The molecule has 16 saturated carbocycles. The third-order valence-corrected chi connectivity index (χ3v) is 35.0. The largest absolute Gasteiger partial charge is 0.889 e. The molecular weight excluding hydrogens is 1720 g/mol. The number of benzene rings is 4. The van der Waals surface area contributed by atoms with Gasteiger partial charge in [-0.25, -0.2) is 0 Å². The second kappa shape index (κ2) is 78.7. The van der Waals surface area contributed by atoms with Crippen molar-refractivity contribution in [1.29, 1.82) is 0 Å².